The van der Waals surface area contributed by atoms with Crippen molar-refractivity contribution in [3.8, 4) is 5.75 Å². The van der Waals surface area contributed by atoms with Crippen LogP contribution in [-0.2, 0) is 17.6 Å². The fourth-order valence-corrected chi connectivity index (χ4v) is 3.82. The van der Waals surface area contributed by atoms with Gasteiger partial charge in [0.1, 0.15) is 29.4 Å². The lowest BCUT2D eigenvalue weighted by atomic mass is 9.94. The fourth-order valence-electron chi connectivity index (χ4n) is 3.82. The predicted octanol–water partition coefficient (Wildman–Crippen LogP) is 2.54. The molecule has 3 N–H and O–H groups in total. The second kappa shape index (κ2) is 10.8. The van der Waals surface area contributed by atoms with E-state index in [1.807, 2.05) is 19.1 Å². The molecule has 0 saturated heterocycles. The Morgan fingerprint density at radius 1 is 1.28 bits per heavy atom. The lowest BCUT2D eigenvalue weighted by molar-refractivity contribution is 0.0144. The number of rotatable bonds is 10. The minimum Gasteiger partial charge on any atom is -0.496 e. The van der Waals surface area contributed by atoms with E-state index in [0.717, 1.165) is 5.56 Å². The van der Waals surface area contributed by atoms with Crippen LogP contribution in [0.5, 0.6) is 5.75 Å². The molecule has 0 radical (unpaired) electrons. The number of aliphatic hydroxyl groups excluding tert-OH is 3. The molecule has 32 heavy (non-hydrogen) atoms. The molecule has 8 nitrogen and oxygen atoms in total. The summed E-state index contributed by atoms with van der Waals surface area (Å²) in [5.74, 6) is 0.0912. The first-order valence-electron chi connectivity index (χ1n) is 10.9. The first-order valence-corrected chi connectivity index (χ1v) is 10.9. The van der Waals surface area contributed by atoms with Gasteiger partial charge in [-0.25, -0.2) is 9.78 Å². The predicted molar refractivity (Wildman–Crippen MR) is 117 cm³/mol. The molecule has 2 heterocycles. The van der Waals surface area contributed by atoms with Crippen molar-refractivity contribution in [3.63, 3.8) is 0 Å². The first-order chi connectivity index (χ1) is 15.3. The maximum Gasteiger partial charge on any atom is 0.342 e. The zero-order chi connectivity index (χ0) is 23.3. The van der Waals surface area contributed by atoms with E-state index in [1.54, 1.807) is 25.1 Å². The Bertz CT molecular complexity index is 938. The smallest absolute Gasteiger partial charge is 0.342 e. The Balaban J connectivity index is 1.55. The largest absolute Gasteiger partial charge is 0.496 e. The number of ether oxygens (including phenoxy) is 2. The summed E-state index contributed by atoms with van der Waals surface area (Å²) < 4.78 is 16.1. The van der Waals surface area contributed by atoms with Gasteiger partial charge in [0.25, 0.3) is 0 Å². The van der Waals surface area contributed by atoms with Gasteiger partial charge in [0.15, 0.2) is 5.89 Å². The Morgan fingerprint density at radius 2 is 2.06 bits per heavy atom. The number of aliphatic hydroxyl groups is 3. The molecule has 3 rings (SSSR count). The highest BCUT2D eigenvalue weighted by Gasteiger charge is 2.30. The van der Waals surface area contributed by atoms with Gasteiger partial charge in [-0.15, -0.1) is 0 Å². The van der Waals surface area contributed by atoms with E-state index >= 15 is 0 Å². The number of nitrogens with zero attached hydrogens (tertiary/aromatic N) is 1. The van der Waals surface area contributed by atoms with Crippen LogP contribution in [0, 0.1) is 5.92 Å². The molecular weight excluding hydrogens is 414 g/mol. The summed E-state index contributed by atoms with van der Waals surface area (Å²) in [7, 11) is 1.51. The molecular formula is C24H31NO7. The van der Waals surface area contributed by atoms with E-state index < -0.39 is 30.4 Å². The standard InChI is InChI=1S/C24H31NO7/c1-4-19(27)14(2)20(28)12-22-25-16(13-31-22)8-9-17(26)11-18-10-15-6-5-7-21(30-3)23(15)24(29)32-18/h5-9,13-14,17-20,26-28H,4,10-12H2,1-3H3/b9-8+/t14-,17-,18+,19-,20+/m1/s1. The van der Waals surface area contributed by atoms with Crippen LogP contribution < -0.4 is 4.74 Å². The molecule has 0 spiro atoms. The molecule has 0 unspecified atom stereocenters. The molecule has 1 aromatic carbocycles. The quantitative estimate of drug-likeness (QED) is 0.477. The van der Waals surface area contributed by atoms with Gasteiger partial charge in [-0.2, -0.15) is 0 Å². The molecule has 0 fully saturated rings. The number of oxazole rings is 1. The summed E-state index contributed by atoms with van der Waals surface area (Å²) >= 11 is 0. The summed E-state index contributed by atoms with van der Waals surface area (Å²) in [5, 5.41) is 30.5. The molecule has 0 amide bonds. The molecule has 174 valence electrons. The van der Waals surface area contributed by atoms with Crippen LogP contribution in [0.25, 0.3) is 6.08 Å². The summed E-state index contributed by atoms with van der Waals surface area (Å²) in [4.78, 5) is 16.7. The van der Waals surface area contributed by atoms with Crippen LogP contribution in [0.3, 0.4) is 0 Å². The second-order valence-electron chi connectivity index (χ2n) is 8.16. The third kappa shape index (κ3) is 5.76. The average Bonchev–Trinajstić information content (AvgIpc) is 3.23. The molecule has 0 bridgehead atoms. The topological polar surface area (TPSA) is 122 Å². The van der Waals surface area contributed by atoms with E-state index in [4.69, 9.17) is 13.9 Å². The van der Waals surface area contributed by atoms with Crippen molar-refractivity contribution in [1.82, 2.24) is 4.98 Å². The number of carbonyl (C=O) groups excluding carboxylic acids is 1. The minimum atomic E-state index is -0.842. The minimum absolute atomic E-state index is 0.190. The SMILES string of the molecule is CC[C@@H](O)[C@@H](C)[C@@H](O)Cc1nc(/C=C/[C@@H](O)C[C@@H]2Cc3cccc(OC)c3C(=O)O2)co1. The van der Waals surface area contributed by atoms with Gasteiger partial charge in [-0.1, -0.05) is 32.1 Å². The van der Waals surface area contributed by atoms with Crippen LogP contribution in [0.2, 0.25) is 0 Å². The number of carbonyl (C=O) groups is 1. The van der Waals surface area contributed by atoms with E-state index in [-0.39, 0.29) is 18.8 Å². The van der Waals surface area contributed by atoms with Gasteiger partial charge < -0.3 is 29.2 Å². The van der Waals surface area contributed by atoms with Gasteiger partial charge in [0, 0.05) is 18.8 Å². The fraction of sp³-hybridized carbons (Fsp3) is 0.500. The Morgan fingerprint density at radius 3 is 2.78 bits per heavy atom. The number of benzene rings is 1. The molecule has 5 atom stereocenters. The molecule has 8 heteroatoms. The molecule has 1 aromatic heterocycles. The zero-order valence-electron chi connectivity index (χ0n) is 18.6. The Labute approximate surface area is 187 Å². The highest BCUT2D eigenvalue weighted by Crippen LogP contribution is 2.30. The number of methoxy groups -OCH3 is 1. The van der Waals surface area contributed by atoms with Gasteiger partial charge in [-0.3, -0.25) is 0 Å². The number of fused-ring (bicyclic) bond motifs is 1. The van der Waals surface area contributed by atoms with Crippen LogP contribution in [0.15, 0.2) is 35.0 Å². The van der Waals surface area contributed by atoms with E-state index in [2.05, 4.69) is 4.98 Å². The normalized spacial score (nSPS) is 19.8. The average molecular weight is 446 g/mol. The van der Waals surface area contributed by atoms with Crippen molar-refractivity contribution in [3.05, 3.63) is 53.2 Å². The maximum atomic E-state index is 12.4. The van der Waals surface area contributed by atoms with Crippen LogP contribution in [-0.4, -0.2) is 57.8 Å². The summed E-state index contributed by atoms with van der Waals surface area (Å²) in [6.07, 6.45) is 3.47. The van der Waals surface area contributed by atoms with Crippen molar-refractivity contribution < 1.29 is 34.0 Å². The number of hydrogen-bond donors (Lipinski definition) is 3. The van der Waals surface area contributed by atoms with Crippen molar-refractivity contribution in [2.75, 3.05) is 7.11 Å². The number of aromatic nitrogens is 1. The van der Waals surface area contributed by atoms with Gasteiger partial charge >= 0.3 is 5.97 Å². The van der Waals surface area contributed by atoms with E-state index in [9.17, 15) is 20.1 Å². The van der Waals surface area contributed by atoms with E-state index in [1.165, 1.54) is 13.4 Å². The van der Waals surface area contributed by atoms with Gasteiger partial charge in [0.2, 0.25) is 0 Å². The van der Waals surface area contributed by atoms with Crippen LogP contribution >= 0.6 is 0 Å². The van der Waals surface area contributed by atoms with Crippen LogP contribution in [0.1, 0.15) is 54.2 Å². The molecule has 1 aliphatic heterocycles. The lowest BCUT2D eigenvalue weighted by Crippen LogP contribution is -2.30. The Hall–Kier alpha value is -2.68. The lowest BCUT2D eigenvalue weighted by Gasteiger charge is -2.26. The summed E-state index contributed by atoms with van der Waals surface area (Å²) in [5.41, 5.74) is 1.78. The third-order valence-corrected chi connectivity index (χ3v) is 5.84. The maximum absolute atomic E-state index is 12.4. The summed E-state index contributed by atoms with van der Waals surface area (Å²) in [6.45, 7) is 3.64. The molecule has 1 aliphatic rings. The first kappa shape index (κ1) is 24.0. The molecule has 0 aliphatic carbocycles. The number of cyclic esters (lactones) is 1. The molecule has 2 aromatic rings. The highest BCUT2D eigenvalue weighted by atomic mass is 16.5. The van der Waals surface area contributed by atoms with Gasteiger partial charge in [0.05, 0.1) is 31.8 Å². The highest BCUT2D eigenvalue weighted by molar-refractivity contribution is 5.95. The van der Waals surface area contributed by atoms with E-state index in [0.29, 0.717) is 35.7 Å². The van der Waals surface area contributed by atoms with Gasteiger partial charge in [-0.05, 0) is 24.1 Å². The second-order valence-corrected chi connectivity index (χ2v) is 8.16. The summed E-state index contributed by atoms with van der Waals surface area (Å²) in [6, 6.07) is 5.40. The molecule has 0 saturated carbocycles. The van der Waals surface area contributed by atoms with Crippen molar-refractivity contribution in [2.24, 2.45) is 5.92 Å². The number of hydrogen-bond acceptors (Lipinski definition) is 8. The zero-order valence-corrected chi connectivity index (χ0v) is 18.6. The van der Waals surface area contributed by atoms with Crippen molar-refractivity contribution >= 4 is 12.0 Å². The van der Waals surface area contributed by atoms with Crippen LogP contribution in [0.4, 0.5) is 0 Å². The Kier molecular flexibility index (Phi) is 8.06. The van der Waals surface area contributed by atoms with Crippen molar-refractivity contribution in [2.45, 2.75) is 63.9 Å². The van der Waals surface area contributed by atoms with Crippen molar-refractivity contribution in [1.29, 1.82) is 0 Å². The third-order valence-electron chi connectivity index (χ3n) is 5.84. The monoisotopic (exact) mass is 445 g/mol. The number of esters is 1.